The summed E-state index contributed by atoms with van der Waals surface area (Å²) >= 11 is 1.41. The Labute approximate surface area is 195 Å². The molecule has 6 nitrogen and oxygen atoms in total. The second-order valence-electron chi connectivity index (χ2n) is 7.92. The minimum Gasteiger partial charge on any atom is -0.340 e. The Morgan fingerprint density at radius 2 is 1.64 bits per heavy atom. The molecule has 1 aliphatic heterocycles. The predicted octanol–water partition coefficient (Wildman–Crippen LogP) is 4.18. The summed E-state index contributed by atoms with van der Waals surface area (Å²) in [5.41, 5.74) is 0.910. The second kappa shape index (κ2) is 10.4. The summed E-state index contributed by atoms with van der Waals surface area (Å²) in [6.07, 6.45) is 1.15. The highest BCUT2D eigenvalue weighted by Crippen LogP contribution is 2.24. The van der Waals surface area contributed by atoms with Crippen molar-refractivity contribution in [1.29, 1.82) is 0 Å². The van der Waals surface area contributed by atoms with Crippen molar-refractivity contribution in [3.05, 3.63) is 88.4 Å². The van der Waals surface area contributed by atoms with E-state index in [2.05, 4.69) is 10.6 Å². The van der Waals surface area contributed by atoms with E-state index < -0.39 is 17.8 Å². The van der Waals surface area contributed by atoms with E-state index in [-0.39, 0.29) is 23.3 Å². The minimum atomic E-state index is -0.790. The smallest absolute Gasteiger partial charge is 0.263 e. The molecule has 0 bridgehead atoms. The standard InChI is InChI=1S/C25H24FN3O3S/c26-19-10-8-18(9-11-19)23(30)28-22(24(31)27-20-5-2-1-3-6-20)17-12-14-29(15-13-17)25(32)21-7-4-16-33-21/h1-11,16-17,22H,12-15H2,(H,27,31)(H,28,30)/t22-/m1/s1. The molecule has 1 atom stereocenters. The van der Waals surface area contributed by atoms with Crippen LogP contribution in [-0.4, -0.2) is 41.8 Å². The van der Waals surface area contributed by atoms with Gasteiger partial charge in [-0.1, -0.05) is 24.3 Å². The molecule has 2 aromatic carbocycles. The molecule has 2 N–H and O–H groups in total. The van der Waals surface area contributed by atoms with E-state index in [4.69, 9.17) is 0 Å². The normalized spacial score (nSPS) is 15.0. The monoisotopic (exact) mass is 465 g/mol. The lowest BCUT2D eigenvalue weighted by atomic mass is 9.88. The summed E-state index contributed by atoms with van der Waals surface area (Å²) in [7, 11) is 0. The number of carbonyl (C=O) groups excluding carboxylic acids is 3. The Balaban J connectivity index is 1.47. The van der Waals surface area contributed by atoms with Crippen LogP contribution in [-0.2, 0) is 4.79 Å². The Bertz CT molecular complexity index is 1100. The number of hydrogen-bond acceptors (Lipinski definition) is 4. The van der Waals surface area contributed by atoms with Crippen LogP contribution in [0.1, 0.15) is 32.9 Å². The van der Waals surface area contributed by atoms with Crippen molar-refractivity contribution in [2.45, 2.75) is 18.9 Å². The van der Waals surface area contributed by atoms with Crippen molar-refractivity contribution in [2.75, 3.05) is 18.4 Å². The molecule has 0 spiro atoms. The summed E-state index contributed by atoms with van der Waals surface area (Å²) in [4.78, 5) is 41.1. The zero-order valence-electron chi connectivity index (χ0n) is 17.9. The van der Waals surface area contributed by atoms with Crippen LogP contribution in [0.15, 0.2) is 72.1 Å². The first-order valence-corrected chi connectivity index (χ1v) is 11.6. The van der Waals surface area contributed by atoms with Crippen LogP contribution in [0.5, 0.6) is 0 Å². The molecular formula is C25H24FN3O3S. The molecule has 0 radical (unpaired) electrons. The Hall–Kier alpha value is -3.52. The number of thiophene rings is 1. The van der Waals surface area contributed by atoms with Gasteiger partial charge in [-0.2, -0.15) is 0 Å². The van der Waals surface area contributed by atoms with Gasteiger partial charge in [0, 0.05) is 24.3 Å². The number of rotatable bonds is 6. The Morgan fingerprint density at radius 1 is 0.939 bits per heavy atom. The fourth-order valence-electron chi connectivity index (χ4n) is 3.96. The lowest BCUT2D eigenvalue weighted by molar-refractivity contribution is -0.119. The molecule has 0 saturated carbocycles. The molecule has 2 heterocycles. The van der Waals surface area contributed by atoms with E-state index in [1.807, 2.05) is 29.6 Å². The highest BCUT2D eigenvalue weighted by atomic mass is 32.1. The van der Waals surface area contributed by atoms with E-state index in [0.29, 0.717) is 36.5 Å². The molecule has 4 rings (SSSR count). The molecule has 1 fully saturated rings. The average molecular weight is 466 g/mol. The van der Waals surface area contributed by atoms with Crippen LogP contribution in [0.2, 0.25) is 0 Å². The van der Waals surface area contributed by atoms with Gasteiger partial charge in [-0.3, -0.25) is 14.4 Å². The van der Waals surface area contributed by atoms with E-state index in [0.717, 1.165) is 0 Å². The average Bonchev–Trinajstić information content (AvgIpc) is 3.38. The summed E-state index contributed by atoms with van der Waals surface area (Å²) in [5, 5.41) is 7.58. The maximum atomic E-state index is 13.3. The quantitative estimate of drug-likeness (QED) is 0.573. The molecule has 0 aliphatic carbocycles. The van der Waals surface area contributed by atoms with Crippen LogP contribution in [0.3, 0.4) is 0 Å². The SMILES string of the molecule is O=C(N[C@@H](C(=O)Nc1ccccc1)C1CCN(C(=O)c2cccs2)CC1)c1ccc(F)cc1. The number of para-hydroxylation sites is 1. The second-order valence-corrected chi connectivity index (χ2v) is 8.87. The molecule has 3 amide bonds. The molecule has 170 valence electrons. The molecule has 0 unspecified atom stereocenters. The maximum absolute atomic E-state index is 13.3. The van der Waals surface area contributed by atoms with E-state index in [1.54, 1.807) is 23.1 Å². The summed E-state index contributed by atoms with van der Waals surface area (Å²) in [6.45, 7) is 1.01. The van der Waals surface area contributed by atoms with Crippen molar-refractivity contribution in [3.8, 4) is 0 Å². The number of hydrogen-bond donors (Lipinski definition) is 2. The van der Waals surface area contributed by atoms with Gasteiger partial charge in [0.15, 0.2) is 0 Å². The van der Waals surface area contributed by atoms with Gasteiger partial charge in [0.05, 0.1) is 4.88 Å². The minimum absolute atomic E-state index is 0.0101. The van der Waals surface area contributed by atoms with E-state index >= 15 is 0 Å². The van der Waals surface area contributed by atoms with Gasteiger partial charge in [0.1, 0.15) is 11.9 Å². The molecule has 1 aromatic heterocycles. The fourth-order valence-corrected chi connectivity index (χ4v) is 4.65. The molecule has 1 saturated heterocycles. The lowest BCUT2D eigenvalue weighted by Crippen LogP contribution is -2.52. The van der Waals surface area contributed by atoms with Crippen molar-refractivity contribution in [1.82, 2.24) is 10.2 Å². The number of piperidine rings is 1. The van der Waals surface area contributed by atoms with Gasteiger partial charge in [-0.05, 0) is 66.6 Å². The lowest BCUT2D eigenvalue weighted by Gasteiger charge is -2.35. The van der Waals surface area contributed by atoms with Gasteiger partial charge in [0.25, 0.3) is 11.8 Å². The van der Waals surface area contributed by atoms with E-state index in [1.165, 1.54) is 35.6 Å². The maximum Gasteiger partial charge on any atom is 0.263 e. The number of carbonyl (C=O) groups is 3. The molecule has 1 aliphatic rings. The Morgan fingerprint density at radius 3 is 2.27 bits per heavy atom. The topological polar surface area (TPSA) is 78.5 Å². The molecular weight excluding hydrogens is 441 g/mol. The van der Waals surface area contributed by atoms with Gasteiger partial charge in [-0.25, -0.2) is 4.39 Å². The summed E-state index contributed by atoms with van der Waals surface area (Å²) < 4.78 is 13.3. The zero-order chi connectivity index (χ0) is 23.2. The van der Waals surface area contributed by atoms with Crippen LogP contribution in [0.25, 0.3) is 0 Å². The zero-order valence-corrected chi connectivity index (χ0v) is 18.7. The molecule has 3 aromatic rings. The third kappa shape index (κ3) is 5.64. The highest BCUT2D eigenvalue weighted by molar-refractivity contribution is 7.12. The predicted molar refractivity (Wildman–Crippen MR) is 126 cm³/mol. The molecule has 33 heavy (non-hydrogen) atoms. The van der Waals surface area contributed by atoms with Crippen molar-refractivity contribution in [3.63, 3.8) is 0 Å². The van der Waals surface area contributed by atoms with Gasteiger partial charge in [0.2, 0.25) is 5.91 Å². The molecule has 8 heteroatoms. The summed E-state index contributed by atoms with van der Waals surface area (Å²) in [6, 6.07) is 17.1. The number of likely N-dealkylation sites (tertiary alicyclic amines) is 1. The van der Waals surface area contributed by atoms with Gasteiger partial charge < -0.3 is 15.5 Å². The number of nitrogens with zero attached hydrogens (tertiary/aromatic N) is 1. The van der Waals surface area contributed by atoms with Crippen LogP contribution in [0, 0.1) is 11.7 Å². The number of amides is 3. The first kappa shape index (κ1) is 22.7. The first-order chi connectivity index (χ1) is 16.0. The third-order valence-electron chi connectivity index (χ3n) is 5.75. The Kier molecular flexibility index (Phi) is 7.14. The largest absolute Gasteiger partial charge is 0.340 e. The number of halogens is 1. The highest BCUT2D eigenvalue weighted by Gasteiger charge is 2.34. The summed E-state index contributed by atoms with van der Waals surface area (Å²) in [5.74, 6) is -1.36. The fraction of sp³-hybridized carbons (Fsp3) is 0.240. The van der Waals surface area contributed by atoms with Crippen molar-refractivity contribution in [2.24, 2.45) is 5.92 Å². The number of nitrogens with one attached hydrogen (secondary N) is 2. The number of benzene rings is 2. The van der Waals surface area contributed by atoms with E-state index in [9.17, 15) is 18.8 Å². The third-order valence-corrected chi connectivity index (χ3v) is 6.60. The first-order valence-electron chi connectivity index (χ1n) is 10.8. The van der Waals surface area contributed by atoms with Gasteiger partial charge in [-0.15, -0.1) is 11.3 Å². The number of anilines is 1. The van der Waals surface area contributed by atoms with Crippen LogP contribution in [0.4, 0.5) is 10.1 Å². The van der Waals surface area contributed by atoms with Gasteiger partial charge >= 0.3 is 0 Å². The van der Waals surface area contributed by atoms with Crippen LogP contribution >= 0.6 is 11.3 Å². The van der Waals surface area contributed by atoms with Crippen molar-refractivity contribution >= 4 is 34.7 Å². The van der Waals surface area contributed by atoms with Crippen molar-refractivity contribution < 1.29 is 18.8 Å². The van der Waals surface area contributed by atoms with Crippen LogP contribution < -0.4 is 10.6 Å².